The predicted molar refractivity (Wildman–Crippen MR) is 73.5 cm³/mol. The van der Waals surface area contributed by atoms with Gasteiger partial charge in [-0.05, 0) is 25.5 Å². The lowest BCUT2D eigenvalue weighted by molar-refractivity contribution is -0.114. The van der Waals surface area contributed by atoms with Crippen LogP contribution in [0.15, 0.2) is 24.3 Å². The van der Waals surface area contributed by atoms with Crippen LogP contribution in [0.1, 0.15) is 26.3 Å². The summed E-state index contributed by atoms with van der Waals surface area (Å²) in [5, 5.41) is 6.25. The van der Waals surface area contributed by atoms with Crippen molar-refractivity contribution in [2.45, 2.75) is 32.9 Å². The molecule has 0 aliphatic rings. The van der Waals surface area contributed by atoms with Crippen LogP contribution in [0.5, 0.6) is 0 Å². The van der Waals surface area contributed by atoms with Crippen molar-refractivity contribution in [2.24, 2.45) is 0 Å². The summed E-state index contributed by atoms with van der Waals surface area (Å²) in [6.07, 6.45) is 0. The van der Waals surface area contributed by atoms with Crippen molar-refractivity contribution in [3.05, 3.63) is 29.8 Å². The Labute approximate surface area is 109 Å². The summed E-state index contributed by atoms with van der Waals surface area (Å²) < 4.78 is 5.16. The zero-order chi connectivity index (χ0) is 13.6. The van der Waals surface area contributed by atoms with E-state index in [1.165, 1.54) is 6.92 Å². The number of ether oxygens (including phenoxy) is 1. The van der Waals surface area contributed by atoms with E-state index in [4.69, 9.17) is 4.74 Å². The Bertz CT molecular complexity index is 403. The molecule has 4 nitrogen and oxygen atoms in total. The van der Waals surface area contributed by atoms with Crippen molar-refractivity contribution in [3.63, 3.8) is 0 Å². The maximum atomic E-state index is 11.1. The number of carbonyl (C=O) groups is 1. The Morgan fingerprint density at radius 2 is 2.00 bits per heavy atom. The van der Waals surface area contributed by atoms with Gasteiger partial charge < -0.3 is 15.4 Å². The lowest BCUT2D eigenvalue weighted by atomic mass is 10.1. The third kappa shape index (κ3) is 4.85. The zero-order valence-corrected chi connectivity index (χ0v) is 11.5. The highest BCUT2D eigenvalue weighted by atomic mass is 16.5. The fraction of sp³-hybridized carbons (Fsp3) is 0.500. The van der Waals surface area contributed by atoms with Crippen LogP contribution in [0.25, 0.3) is 0 Å². The number of hydrogen-bond acceptors (Lipinski definition) is 3. The molecule has 0 aliphatic carbocycles. The molecular weight excluding hydrogens is 228 g/mol. The molecule has 100 valence electrons. The Morgan fingerprint density at radius 1 is 1.33 bits per heavy atom. The van der Waals surface area contributed by atoms with Gasteiger partial charge in [0.1, 0.15) is 0 Å². The zero-order valence-electron chi connectivity index (χ0n) is 11.5. The minimum absolute atomic E-state index is 0.0569. The summed E-state index contributed by atoms with van der Waals surface area (Å²) in [7, 11) is 1.69. The Balaban J connectivity index is 2.69. The fourth-order valence-electron chi connectivity index (χ4n) is 1.73. The number of methoxy groups -OCH3 is 1. The van der Waals surface area contributed by atoms with E-state index in [9.17, 15) is 4.79 Å². The first-order chi connectivity index (χ1) is 8.44. The molecule has 1 rings (SSSR count). The normalized spacial score (nSPS) is 11.3. The fourth-order valence-corrected chi connectivity index (χ4v) is 1.73. The molecule has 0 heterocycles. The molecule has 0 bridgehead atoms. The molecule has 0 saturated carbocycles. The van der Waals surface area contributed by atoms with Crippen LogP contribution in [-0.4, -0.2) is 25.2 Å². The van der Waals surface area contributed by atoms with Gasteiger partial charge in [-0.25, -0.2) is 0 Å². The first kappa shape index (κ1) is 14.7. The number of anilines is 1. The Hall–Kier alpha value is -1.39. The largest absolute Gasteiger partial charge is 0.383 e. The third-order valence-electron chi connectivity index (χ3n) is 2.59. The molecule has 0 aliphatic heterocycles. The van der Waals surface area contributed by atoms with Crippen LogP contribution in [0, 0.1) is 0 Å². The maximum absolute atomic E-state index is 11.1. The van der Waals surface area contributed by atoms with E-state index in [2.05, 4.69) is 24.5 Å². The van der Waals surface area contributed by atoms with Crippen LogP contribution in [0.2, 0.25) is 0 Å². The lowest BCUT2D eigenvalue weighted by Gasteiger charge is -2.26. The summed E-state index contributed by atoms with van der Waals surface area (Å²) in [6.45, 7) is 7.00. The first-order valence-corrected chi connectivity index (χ1v) is 6.04. The quantitative estimate of drug-likeness (QED) is 0.813. The van der Waals surface area contributed by atoms with E-state index in [-0.39, 0.29) is 11.4 Å². The number of para-hydroxylation sites is 1. The molecule has 4 heteroatoms. The number of rotatable bonds is 6. The van der Waals surface area contributed by atoms with Gasteiger partial charge in [-0.2, -0.15) is 0 Å². The molecule has 1 amide bonds. The van der Waals surface area contributed by atoms with Gasteiger partial charge in [0, 0.05) is 31.8 Å². The highest BCUT2D eigenvalue weighted by molar-refractivity contribution is 5.89. The molecule has 0 aromatic heterocycles. The van der Waals surface area contributed by atoms with Crippen LogP contribution in [0.4, 0.5) is 5.69 Å². The van der Waals surface area contributed by atoms with Crippen molar-refractivity contribution < 1.29 is 9.53 Å². The molecule has 1 aromatic carbocycles. The van der Waals surface area contributed by atoms with Gasteiger partial charge in [0.05, 0.1) is 6.61 Å². The smallest absolute Gasteiger partial charge is 0.221 e. The summed E-state index contributed by atoms with van der Waals surface area (Å²) in [6, 6.07) is 7.78. The number of hydrogen-bond donors (Lipinski definition) is 2. The van der Waals surface area contributed by atoms with Gasteiger partial charge >= 0.3 is 0 Å². The van der Waals surface area contributed by atoms with E-state index in [1.807, 2.05) is 24.3 Å². The number of carbonyl (C=O) groups excluding carboxylic acids is 1. The number of benzene rings is 1. The van der Waals surface area contributed by atoms with Gasteiger partial charge in [-0.1, -0.05) is 18.2 Å². The molecule has 0 radical (unpaired) electrons. The van der Waals surface area contributed by atoms with Crippen LogP contribution in [0.3, 0.4) is 0 Å². The number of nitrogens with one attached hydrogen (secondary N) is 2. The van der Waals surface area contributed by atoms with Crippen LogP contribution in [-0.2, 0) is 16.1 Å². The SMILES string of the molecule is COCC(C)(C)NCc1ccccc1NC(C)=O. The molecule has 18 heavy (non-hydrogen) atoms. The maximum Gasteiger partial charge on any atom is 0.221 e. The summed E-state index contributed by atoms with van der Waals surface area (Å²) in [4.78, 5) is 11.1. The van der Waals surface area contributed by atoms with Crippen LogP contribution >= 0.6 is 0 Å². The second-order valence-electron chi connectivity index (χ2n) is 5.01. The standard InChI is InChI=1S/C14H22N2O2/c1-11(17)16-13-8-6-5-7-12(13)9-15-14(2,3)10-18-4/h5-8,15H,9-10H2,1-4H3,(H,16,17). The molecule has 2 N–H and O–H groups in total. The number of amides is 1. The molecule has 0 fully saturated rings. The second-order valence-corrected chi connectivity index (χ2v) is 5.01. The van der Waals surface area contributed by atoms with Gasteiger partial charge in [0.2, 0.25) is 5.91 Å². The van der Waals surface area contributed by atoms with Gasteiger partial charge in [0.15, 0.2) is 0 Å². The molecular formula is C14H22N2O2. The van der Waals surface area contributed by atoms with E-state index in [1.54, 1.807) is 7.11 Å². The van der Waals surface area contributed by atoms with Crippen molar-refractivity contribution in [2.75, 3.05) is 19.0 Å². The van der Waals surface area contributed by atoms with Crippen molar-refractivity contribution >= 4 is 11.6 Å². The highest BCUT2D eigenvalue weighted by Crippen LogP contribution is 2.16. The van der Waals surface area contributed by atoms with Gasteiger partial charge in [-0.3, -0.25) is 4.79 Å². The molecule has 0 unspecified atom stereocenters. The van der Waals surface area contributed by atoms with E-state index < -0.39 is 0 Å². The average molecular weight is 250 g/mol. The first-order valence-electron chi connectivity index (χ1n) is 6.04. The minimum atomic E-state index is -0.0991. The Kier molecular flexibility index (Phi) is 5.31. The van der Waals surface area contributed by atoms with Gasteiger partial charge in [0.25, 0.3) is 0 Å². The molecule has 0 spiro atoms. The second kappa shape index (κ2) is 6.52. The average Bonchev–Trinajstić information content (AvgIpc) is 2.27. The summed E-state index contributed by atoms with van der Waals surface area (Å²) in [5.41, 5.74) is 1.82. The monoisotopic (exact) mass is 250 g/mol. The van der Waals surface area contributed by atoms with Crippen molar-refractivity contribution in [1.82, 2.24) is 5.32 Å². The van der Waals surface area contributed by atoms with Gasteiger partial charge in [-0.15, -0.1) is 0 Å². The van der Waals surface area contributed by atoms with Crippen molar-refractivity contribution in [3.8, 4) is 0 Å². The highest BCUT2D eigenvalue weighted by Gasteiger charge is 2.16. The van der Waals surface area contributed by atoms with Crippen molar-refractivity contribution in [1.29, 1.82) is 0 Å². The lowest BCUT2D eigenvalue weighted by Crippen LogP contribution is -2.42. The Morgan fingerprint density at radius 3 is 2.61 bits per heavy atom. The van der Waals surface area contributed by atoms with E-state index >= 15 is 0 Å². The van der Waals surface area contributed by atoms with E-state index in [0.717, 1.165) is 11.3 Å². The molecule has 0 saturated heterocycles. The molecule has 0 atom stereocenters. The third-order valence-corrected chi connectivity index (χ3v) is 2.59. The van der Waals surface area contributed by atoms with Crippen LogP contribution < -0.4 is 10.6 Å². The molecule has 1 aromatic rings. The minimum Gasteiger partial charge on any atom is -0.383 e. The summed E-state index contributed by atoms with van der Waals surface area (Å²) >= 11 is 0. The predicted octanol–water partition coefficient (Wildman–Crippen LogP) is 2.16. The van der Waals surface area contributed by atoms with E-state index in [0.29, 0.717) is 13.2 Å². The topological polar surface area (TPSA) is 50.4 Å². The summed E-state index contributed by atoms with van der Waals surface area (Å²) in [5.74, 6) is -0.0569.